The van der Waals surface area contributed by atoms with E-state index in [1.54, 1.807) is 20.8 Å². The van der Waals surface area contributed by atoms with Gasteiger partial charge in [-0.1, -0.05) is 20.4 Å². The van der Waals surface area contributed by atoms with Crippen LogP contribution in [0.15, 0.2) is 12.7 Å². The van der Waals surface area contributed by atoms with E-state index in [1.807, 2.05) is 0 Å². The summed E-state index contributed by atoms with van der Waals surface area (Å²) in [5.74, 6) is -1.33. The Balaban J connectivity index is -0.000000163. The number of aliphatic carboxylic acids is 1. The summed E-state index contributed by atoms with van der Waals surface area (Å²) in [5, 5.41) is 7.99. The third kappa shape index (κ3) is 16.9. The molecule has 0 aliphatic carbocycles. The summed E-state index contributed by atoms with van der Waals surface area (Å²) in [6, 6.07) is 0. The molecule has 0 rings (SSSR count). The largest absolute Gasteiger partial charge is 0.481 e. The van der Waals surface area contributed by atoms with Gasteiger partial charge in [-0.25, -0.2) is 4.79 Å². The van der Waals surface area contributed by atoms with Crippen LogP contribution in [0.1, 0.15) is 20.8 Å². The molecule has 0 heterocycles. The van der Waals surface area contributed by atoms with Gasteiger partial charge in [0, 0.05) is 6.08 Å². The fraction of sp³-hybridized carbons (Fsp3) is 0.556. The first-order valence-electron chi connectivity index (χ1n) is 3.97. The third-order valence-electron chi connectivity index (χ3n) is 0.947. The van der Waals surface area contributed by atoms with Crippen LogP contribution in [0.5, 0.6) is 0 Å². The molecule has 4 N–H and O–H groups in total. The van der Waals surface area contributed by atoms with Gasteiger partial charge in [0.15, 0.2) is 0 Å². The zero-order chi connectivity index (χ0) is 10.9. The minimum absolute atomic E-state index is 0. The predicted molar refractivity (Wildman–Crippen MR) is 54.3 cm³/mol. The first kappa shape index (κ1) is 18.4. The number of rotatable bonds is 3. The molecule has 0 aliphatic heterocycles. The normalized spacial score (nSPS) is 7.71. The van der Waals surface area contributed by atoms with Crippen molar-refractivity contribution < 1.29 is 19.4 Å². The molecule has 0 radical (unpaired) electrons. The lowest BCUT2D eigenvalue weighted by molar-refractivity contribution is -0.140. The molecule has 5 nitrogen and oxygen atoms in total. The number of carbonyl (C=O) groups is 2. The summed E-state index contributed by atoms with van der Waals surface area (Å²) in [5.41, 5.74) is 0. The van der Waals surface area contributed by atoms with Gasteiger partial charge in [-0.2, -0.15) is 0 Å². The monoisotopic (exact) mass is 205 g/mol. The molecular formula is C9H19NO4. The summed E-state index contributed by atoms with van der Waals surface area (Å²) in [4.78, 5) is 19.8. The molecule has 14 heavy (non-hydrogen) atoms. The highest BCUT2D eigenvalue weighted by Crippen LogP contribution is 1.87. The minimum atomic E-state index is -0.741. The number of esters is 1. The van der Waals surface area contributed by atoms with E-state index in [9.17, 15) is 9.59 Å². The smallest absolute Gasteiger partial charge is 0.330 e. The van der Waals surface area contributed by atoms with Gasteiger partial charge in [0.25, 0.3) is 0 Å². The maximum absolute atomic E-state index is 10.1. The highest BCUT2D eigenvalue weighted by atomic mass is 16.5. The molecular weight excluding hydrogens is 186 g/mol. The summed E-state index contributed by atoms with van der Waals surface area (Å²) in [6.45, 7) is 8.66. The van der Waals surface area contributed by atoms with Crippen molar-refractivity contribution in [3.05, 3.63) is 12.7 Å². The van der Waals surface area contributed by atoms with E-state index in [0.717, 1.165) is 6.08 Å². The maximum atomic E-state index is 10.1. The molecule has 0 aliphatic rings. The Morgan fingerprint density at radius 2 is 1.86 bits per heavy atom. The summed E-state index contributed by atoms with van der Waals surface area (Å²) >= 11 is 0. The van der Waals surface area contributed by atoms with Gasteiger partial charge in [-0.3, -0.25) is 4.79 Å². The molecule has 0 spiro atoms. The second-order valence-electron chi connectivity index (χ2n) is 2.45. The zero-order valence-electron chi connectivity index (χ0n) is 8.95. The van der Waals surface area contributed by atoms with E-state index in [4.69, 9.17) is 5.11 Å². The summed E-state index contributed by atoms with van der Waals surface area (Å²) in [7, 11) is 0. The van der Waals surface area contributed by atoms with Crippen molar-refractivity contribution in [2.24, 2.45) is 5.92 Å². The molecule has 0 atom stereocenters. The quantitative estimate of drug-likeness (QED) is 0.538. The fourth-order valence-corrected chi connectivity index (χ4v) is 0.201. The van der Waals surface area contributed by atoms with Crippen molar-refractivity contribution in [2.45, 2.75) is 20.8 Å². The van der Waals surface area contributed by atoms with Crippen LogP contribution in [0, 0.1) is 5.92 Å². The first-order chi connectivity index (χ1) is 5.95. The Kier molecular flexibility index (Phi) is 15.3. The van der Waals surface area contributed by atoms with Gasteiger partial charge in [-0.15, -0.1) is 0 Å². The van der Waals surface area contributed by atoms with Crippen LogP contribution >= 0.6 is 0 Å². The first-order valence-corrected chi connectivity index (χ1v) is 3.97. The van der Waals surface area contributed by atoms with E-state index in [2.05, 4.69) is 11.3 Å². The van der Waals surface area contributed by atoms with Crippen molar-refractivity contribution in [2.75, 3.05) is 6.61 Å². The number of carboxylic acids is 1. The number of ether oxygens (including phenoxy) is 1. The van der Waals surface area contributed by atoms with Crippen molar-refractivity contribution >= 4 is 11.9 Å². The lowest BCUT2D eigenvalue weighted by Crippen LogP contribution is -2.03. The van der Waals surface area contributed by atoms with Crippen LogP contribution < -0.4 is 6.15 Å². The standard InChI is InChI=1S/C5H8O2.C4H8O2.H3N/c1-3-5(6)7-4-2;1-3(2)4(5)6;/h3H,1,4H2,2H3;3H,1-2H3,(H,5,6);1H3. The van der Waals surface area contributed by atoms with Crippen molar-refractivity contribution in [1.82, 2.24) is 6.15 Å². The highest BCUT2D eigenvalue weighted by molar-refractivity contribution is 5.81. The molecule has 0 bridgehead atoms. The van der Waals surface area contributed by atoms with Gasteiger partial charge in [0.2, 0.25) is 0 Å². The predicted octanol–water partition coefficient (Wildman–Crippen LogP) is 1.62. The molecule has 0 aromatic carbocycles. The summed E-state index contributed by atoms with van der Waals surface area (Å²) < 4.78 is 4.43. The summed E-state index contributed by atoms with van der Waals surface area (Å²) in [6.07, 6.45) is 1.14. The lowest BCUT2D eigenvalue weighted by Gasteiger charge is -1.90. The number of hydrogen-bond acceptors (Lipinski definition) is 4. The van der Waals surface area contributed by atoms with E-state index in [0.29, 0.717) is 6.61 Å². The molecule has 0 amide bonds. The Hall–Kier alpha value is -1.36. The van der Waals surface area contributed by atoms with Crippen LogP contribution in [-0.4, -0.2) is 23.7 Å². The molecule has 0 unspecified atom stereocenters. The van der Waals surface area contributed by atoms with Crippen LogP contribution in [-0.2, 0) is 14.3 Å². The molecule has 5 heteroatoms. The van der Waals surface area contributed by atoms with Gasteiger partial charge in [0.05, 0.1) is 12.5 Å². The molecule has 0 saturated carbocycles. The molecule has 0 aromatic rings. The second kappa shape index (κ2) is 11.6. The SMILES string of the molecule is C=CC(=O)OCC.CC(C)C(=O)O.N. The van der Waals surface area contributed by atoms with Gasteiger partial charge in [-0.05, 0) is 6.92 Å². The van der Waals surface area contributed by atoms with Crippen molar-refractivity contribution in [3.8, 4) is 0 Å². The Morgan fingerprint density at radius 1 is 1.50 bits per heavy atom. The molecule has 0 aromatic heterocycles. The highest BCUT2D eigenvalue weighted by Gasteiger charge is 1.99. The fourth-order valence-electron chi connectivity index (χ4n) is 0.201. The molecule has 0 saturated heterocycles. The lowest BCUT2D eigenvalue weighted by atomic mass is 10.2. The van der Waals surface area contributed by atoms with E-state index in [1.165, 1.54) is 0 Å². The maximum Gasteiger partial charge on any atom is 0.330 e. The Bertz CT molecular complexity index is 178. The van der Waals surface area contributed by atoms with Gasteiger partial charge >= 0.3 is 11.9 Å². The van der Waals surface area contributed by atoms with Crippen LogP contribution in [0.4, 0.5) is 0 Å². The number of carboxylic acid groups (broad SMARTS) is 1. The van der Waals surface area contributed by atoms with E-state index < -0.39 is 5.97 Å². The van der Waals surface area contributed by atoms with E-state index in [-0.39, 0.29) is 18.0 Å². The zero-order valence-corrected chi connectivity index (χ0v) is 8.95. The average molecular weight is 205 g/mol. The average Bonchev–Trinajstić information content (AvgIpc) is 2.05. The number of carbonyl (C=O) groups excluding carboxylic acids is 1. The third-order valence-corrected chi connectivity index (χ3v) is 0.947. The molecule has 84 valence electrons. The van der Waals surface area contributed by atoms with Crippen LogP contribution in [0.3, 0.4) is 0 Å². The van der Waals surface area contributed by atoms with Gasteiger partial charge in [0.1, 0.15) is 0 Å². The van der Waals surface area contributed by atoms with Crippen LogP contribution in [0.25, 0.3) is 0 Å². The van der Waals surface area contributed by atoms with Crippen molar-refractivity contribution in [1.29, 1.82) is 0 Å². The van der Waals surface area contributed by atoms with Crippen LogP contribution in [0.2, 0.25) is 0 Å². The minimum Gasteiger partial charge on any atom is -0.481 e. The number of hydrogen-bond donors (Lipinski definition) is 2. The van der Waals surface area contributed by atoms with E-state index >= 15 is 0 Å². The Morgan fingerprint density at radius 3 is 1.93 bits per heavy atom. The topological polar surface area (TPSA) is 98.6 Å². The molecule has 0 fully saturated rings. The van der Waals surface area contributed by atoms with Crippen molar-refractivity contribution in [3.63, 3.8) is 0 Å². The second-order valence-corrected chi connectivity index (χ2v) is 2.45. The Labute approximate surface area is 84.3 Å². The van der Waals surface area contributed by atoms with Gasteiger partial charge < -0.3 is 16.0 Å².